The number of hydrazone groups is 1. The van der Waals surface area contributed by atoms with E-state index in [1.165, 1.54) is 11.1 Å². The highest BCUT2D eigenvalue weighted by Gasteiger charge is 2.20. The zero-order valence-corrected chi connectivity index (χ0v) is 27.5. The molecular weight excluding hydrogens is 658 g/mol. The van der Waals surface area contributed by atoms with Crippen molar-refractivity contribution in [3.63, 3.8) is 0 Å². The molecule has 1 aliphatic rings. The number of nitrogens with zero attached hydrogens (tertiary/aromatic N) is 5. The van der Waals surface area contributed by atoms with Gasteiger partial charge in [0.1, 0.15) is 12.4 Å². The van der Waals surface area contributed by atoms with E-state index in [1.54, 1.807) is 6.21 Å². The Kier molecular flexibility index (Phi) is 9.74. The largest absolute Gasteiger partial charge is 0.487 e. The number of aromatic nitrogens is 3. The predicted octanol–water partition coefficient (Wildman–Crippen LogP) is 8.33. The van der Waals surface area contributed by atoms with E-state index in [0.29, 0.717) is 30.4 Å². The van der Waals surface area contributed by atoms with Gasteiger partial charge < -0.3 is 15.0 Å². The van der Waals surface area contributed by atoms with Gasteiger partial charge >= 0.3 is 0 Å². The van der Waals surface area contributed by atoms with Crippen LogP contribution in [0.1, 0.15) is 47.6 Å². The van der Waals surface area contributed by atoms with Gasteiger partial charge in [-0.3, -0.25) is 0 Å². The van der Waals surface area contributed by atoms with Crippen LogP contribution in [0, 0.1) is 26.7 Å². The van der Waals surface area contributed by atoms with E-state index in [1.807, 2.05) is 24.3 Å². The lowest BCUT2D eigenvalue weighted by Crippen LogP contribution is -2.34. The maximum atomic E-state index is 6.08. The molecule has 218 valence electrons. The molecule has 1 aromatic heterocycles. The number of anilines is 4. The molecule has 3 aromatic carbocycles. The SMILES string of the molecule is Cc1ccc(COc2c(Br)cc(C=NNc3nc(Nc4cccc(C)c4C)nc(N4CCC(C)CC4)n3)cc2Br)cc1. The summed E-state index contributed by atoms with van der Waals surface area (Å²) in [5, 5.41) is 7.84. The molecule has 10 heteroatoms. The fourth-order valence-electron chi connectivity index (χ4n) is 4.62. The average molecular weight is 693 g/mol. The lowest BCUT2D eigenvalue weighted by atomic mass is 10.00. The second-order valence-corrected chi connectivity index (χ2v) is 12.5. The van der Waals surface area contributed by atoms with Crippen molar-refractivity contribution in [3.8, 4) is 5.75 Å². The second kappa shape index (κ2) is 13.6. The molecule has 0 atom stereocenters. The van der Waals surface area contributed by atoms with Crippen LogP contribution in [0.3, 0.4) is 0 Å². The summed E-state index contributed by atoms with van der Waals surface area (Å²) in [6, 6.07) is 18.4. The smallest absolute Gasteiger partial charge is 0.250 e. The lowest BCUT2D eigenvalue weighted by molar-refractivity contribution is 0.302. The van der Waals surface area contributed by atoms with E-state index in [2.05, 4.69) is 116 Å². The van der Waals surface area contributed by atoms with Gasteiger partial charge in [-0.1, -0.05) is 48.9 Å². The van der Waals surface area contributed by atoms with Crippen molar-refractivity contribution in [1.29, 1.82) is 0 Å². The molecule has 5 rings (SSSR count). The number of benzene rings is 3. The Morgan fingerprint density at radius 1 is 0.952 bits per heavy atom. The first-order valence-corrected chi connectivity index (χ1v) is 15.6. The third-order valence-electron chi connectivity index (χ3n) is 7.44. The minimum atomic E-state index is 0.374. The first kappa shape index (κ1) is 30.0. The zero-order valence-electron chi connectivity index (χ0n) is 24.3. The molecule has 8 nitrogen and oxygen atoms in total. The molecular formula is C32H35Br2N7O. The van der Waals surface area contributed by atoms with Crippen molar-refractivity contribution >= 4 is 61.6 Å². The van der Waals surface area contributed by atoms with Crippen LogP contribution in [0.25, 0.3) is 0 Å². The summed E-state index contributed by atoms with van der Waals surface area (Å²) < 4.78 is 7.74. The number of aryl methyl sites for hydroxylation is 2. The van der Waals surface area contributed by atoms with Crippen LogP contribution in [0.2, 0.25) is 0 Å². The van der Waals surface area contributed by atoms with E-state index in [4.69, 9.17) is 14.7 Å². The highest BCUT2D eigenvalue weighted by atomic mass is 79.9. The van der Waals surface area contributed by atoms with Crippen LogP contribution >= 0.6 is 31.9 Å². The second-order valence-electron chi connectivity index (χ2n) is 10.8. The number of rotatable bonds is 9. The molecule has 1 fully saturated rings. The molecule has 0 amide bonds. The van der Waals surface area contributed by atoms with Gasteiger partial charge in [0.25, 0.3) is 0 Å². The zero-order chi connectivity index (χ0) is 29.6. The number of hydrogen-bond donors (Lipinski definition) is 2. The van der Waals surface area contributed by atoms with Gasteiger partial charge in [0.15, 0.2) is 0 Å². The quantitative estimate of drug-likeness (QED) is 0.135. The Morgan fingerprint density at radius 2 is 1.64 bits per heavy atom. The molecule has 2 heterocycles. The predicted molar refractivity (Wildman–Crippen MR) is 178 cm³/mol. The molecule has 1 saturated heterocycles. The minimum Gasteiger partial charge on any atom is -0.487 e. The number of hydrogen-bond acceptors (Lipinski definition) is 8. The summed E-state index contributed by atoms with van der Waals surface area (Å²) in [6.07, 6.45) is 3.95. The van der Waals surface area contributed by atoms with Gasteiger partial charge in [0, 0.05) is 18.8 Å². The number of ether oxygens (including phenoxy) is 1. The fourth-order valence-corrected chi connectivity index (χ4v) is 6.07. The van der Waals surface area contributed by atoms with E-state index in [-0.39, 0.29) is 0 Å². The molecule has 42 heavy (non-hydrogen) atoms. The van der Waals surface area contributed by atoms with E-state index >= 15 is 0 Å². The summed E-state index contributed by atoms with van der Waals surface area (Å²) in [6.45, 7) is 10.8. The Balaban J connectivity index is 1.32. The van der Waals surface area contributed by atoms with Crippen LogP contribution in [0.15, 0.2) is 68.6 Å². The maximum Gasteiger partial charge on any atom is 0.250 e. The fraction of sp³-hybridized carbons (Fsp3) is 0.312. The van der Waals surface area contributed by atoms with Crippen LogP contribution < -0.4 is 20.4 Å². The number of nitrogens with one attached hydrogen (secondary N) is 2. The normalized spacial score (nSPS) is 13.9. The van der Waals surface area contributed by atoms with Gasteiger partial charge in [-0.2, -0.15) is 20.1 Å². The molecule has 0 radical (unpaired) electrons. The van der Waals surface area contributed by atoms with Crippen molar-refractivity contribution in [2.24, 2.45) is 11.0 Å². The van der Waals surface area contributed by atoms with Gasteiger partial charge in [-0.15, -0.1) is 0 Å². The lowest BCUT2D eigenvalue weighted by Gasteiger charge is -2.30. The minimum absolute atomic E-state index is 0.374. The number of halogens is 2. The van der Waals surface area contributed by atoms with Crippen molar-refractivity contribution in [1.82, 2.24) is 15.0 Å². The molecule has 4 aromatic rings. The van der Waals surface area contributed by atoms with E-state index in [9.17, 15) is 0 Å². The highest BCUT2D eigenvalue weighted by molar-refractivity contribution is 9.11. The average Bonchev–Trinajstić information content (AvgIpc) is 2.96. The maximum absolute atomic E-state index is 6.08. The molecule has 1 aliphatic heterocycles. The van der Waals surface area contributed by atoms with Crippen LogP contribution in [-0.4, -0.2) is 34.3 Å². The van der Waals surface area contributed by atoms with Crippen LogP contribution in [0.4, 0.5) is 23.5 Å². The summed E-state index contributed by atoms with van der Waals surface area (Å²) in [4.78, 5) is 16.3. The topological polar surface area (TPSA) is 87.6 Å². The first-order chi connectivity index (χ1) is 20.2. The molecule has 0 saturated carbocycles. The van der Waals surface area contributed by atoms with Crippen molar-refractivity contribution in [3.05, 3.63) is 91.4 Å². The highest BCUT2D eigenvalue weighted by Crippen LogP contribution is 2.35. The first-order valence-electron chi connectivity index (χ1n) is 14.1. The van der Waals surface area contributed by atoms with Crippen molar-refractivity contribution in [2.75, 3.05) is 28.7 Å². The monoisotopic (exact) mass is 691 g/mol. The third-order valence-corrected chi connectivity index (χ3v) is 8.62. The van der Waals surface area contributed by atoms with E-state index < -0.39 is 0 Å². The van der Waals surface area contributed by atoms with Crippen LogP contribution in [-0.2, 0) is 6.61 Å². The van der Waals surface area contributed by atoms with Gasteiger partial charge in [-0.05, 0) is 112 Å². The van der Waals surface area contributed by atoms with Crippen molar-refractivity contribution < 1.29 is 4.74 Å². The van der Waals surface area contributed by atoms with Gasteiger partial charge in [0.2, 0.25) is 17.8 Å². The van der Waals surface area contributed by atoms with E-state index in [0.717, 1.165) is 63.0 Å². The Hall–Kier alpha value is -3.50. The molecule has 0 unspecified atom stereocenters. The Bertz CT molecular complexity index is 1550. The van der Waals surface area contributed by atoms with Crippen molar-refractivity contribution in [2.45, 2.75) is 47.1 Å². The van der Waals surface area contributed by atoms with Gasteiger partial charge in [0.05, 0.1) is 15.2 Å². The standard InChI is InChI=1S/C32H35Br2N7O/c1-20-8-10-24(11-9-20)19-42-29-26(33)16-25(17-27(29)34)18-35-40-31-37-30(36-28-7-5-6-22(3)23(28)4)38-32(39-31)41-14-12-21(2)13-15-41/h5-11,16-18,21H,12-15,19H2,1-4H3,(H2,36,37,38,39,40). The number of piperidine rings is 1. The summed E-state index contributed by atoms with van der Waals surface area (Å²) in [7, 11) is 0. The third kappa shape index (κ3) is 7.66. The molecule has 0 aliphatic carbocycles. The summed E-state index contributed by atoms with van der Waals surface area (Å²) in [5.74, 6) is 2.93. The molecule has 0 bridgehead atoms. The molecule has 0 spiro atoms. The van der Waals surface area contributed by atoms with Crippen LogP contribution in [0.5, 0.6) is 5.75 Å². The Morgan fingerprint density at radius 3 is 2.36 bits per heavy atom. The Labute approximate surface area is 264 Å². The summed E-state index contributed by atoms with van der Waals surface area (Å²) in [5.41, 5.74) is 9.54. The summed E-state index contributed by atoms with van der Waals surface area (Å²) >= 11 is 7.29. The molecule has 2 N–H and O–H groups in total. The van der Waals surface area contributed by atoms with Gasteiger partial charge in [-0.25, -0.2) is 5.43 Å².